The Hall–Kier alpha value is -3.33. The smallest absolute Gasteiger partial charge is 0.338 e. The molecule has 0 fully saturated rings. The number of hydrogen-bond donors (Lipinski definition) is 2. The Bertz CT molecular complexity index is 1230. The van der Waals surface area contributed by atoms with Crippen LogP contribution in [0.25, 0.3) is 22.4 Å². The topological polar surface area (TPSA) is 74.8 Å². The first kappa shape index (κ1) is 19.0. The van der Waals surface area contributed by atoms with Gasteiger partial charge in [0.15, 0.2) is 0 Å². The van der Waals surface area contributed by atoms with Crippen LogP contribution in [0.15, 0.2) is 77.7 Å². The average Bonchev–Trinajstić information content (AvgIpc) is 3.12. The summed E-state index contributed by atoms with van der Waals surface area (Å²) in [5, 5.41) is 0. The standard InChI is InChI=1S/C20H14F3N3O2S/c21-20(22,23)14-7-9-15(10-8-14)26-29(27,28)16-11-5-13(6-12-16)19-24-17-3-1-2-4-18(17)25-19/h1-12,26H,(H,24,25). The lowest BCUT2D eigenvalue weighted by atomic mass is 10.2. The number of nitrogens with one attached hydrogen (secondary N) is 2. The second kappa shape index (κ2) is 6.93. The van der Waals surface area contributed by atoms with Crippen LogP contribution in [0.4, 0.5) is 18.9 Å². The van der Waals surface area contributed by atoms with Crippen molar-refractivity contribution < 1.29 is 21.6 Å². The van der Waals surface area contributed by atoms with E-state index in [2.05, 4.69) is 14.7 Å². The molecule has 0 aliphatic carbocycles. The van der Waals surface area contributed by atoms with Crippen molar-refractivity contribution in [3.63, 3.8) is 0 Å². The van der Waals surface area contributed by atoms with Crippen molar-refractivity contribution in [1.82, 2.24) is 9.97 Å². The Labute approximate surface area is 164 Å². The number of aromatic nitrogens is 2. The Morgan fingerprint density at radius 1 is 0.862 bits per heavy atom. The van der Waals surface area contributed by atoms with Gasteiger partial charge in [-0.15, -0.1) is 0 Å². The van der Waals surface area contributed by atoms with E-state index < -0.39 is 21.8 Å². The summed E-state index contributed by atoms with van der Waals surface area (Å²) in [6.07, 6.45) is -4.48. The largest absolute Gasteiger partial charge is 0.416 e. The number of hydrogen-bond acceptors (Lipinski definition) is 3. The maximum absolute atomic E-state index is 12.6. The molecular formula is C20H14F3N3O2S. The lowest BCUT2D eigenvalue weighted by Gasteiger charge is -2.10. The van der Waals surface area contributed by atoms with Gasteiger partial charge in [-0.2, -0.15) is 13.2 Å². The number of aromatic amines is 1. The molecule has 0 bridgehead atoms. The molecule has 1 heterocycles. The second-order valence-corrected chi connectivity index (χ2v) is 7.99. The van der Waals surface area contributed by atoms with Gasteiger partial charge in [-0.25, -0.2) is 13.4 Å². The number of nitrogens with zero attached hydrogens (tertiary/aromatic N) is 1. The van der Waals surface area contributed by atoms with Gasteiger partial charge in [0.05, 0.1) is 21.5 Å². The van der Waals surface area contributed by atoms with Crippen molar-refractivity contribution in [3.05, 3.63) is 78.4 Å². The van der Waals surface area contributed by atoms with Crippen molar-refractivity contribution in [2.45, 2.75) is 11.1 Å². The van der Waals surface area contributed by atoms with Crippen molar-refractivity contribution in [3.8, 4) is 11.4 Å². The van der Waals surface area contributed by atoms with E-state index >= 15 is 0 Å². The number of H-pyrrole nitrogens is 1. The van der Waals surface area contributed by atoms with Gasteiger partial charge in [0, 0.05) is 11.3 Å². The SMILES string of the molecule is O=S(=O)(Nc1ccc(C(F)(F)F)cc1)c1ccc(-c2nc3ccccc3[nH]2)cc1. The molecule has 0 amide bonds. The van der Waals surface area contributed by atoms with Crippen molar-refractivity contribution in [2.75, 3.05) is 4.72 Å². The van der Waals surface area contributed by atoms with Crippen molar-refractivity contribution >= 4 is 26.7 Å². The highest BCUT2D eigenvalue weighted by atomic mass is 32.2. The summed E-state index contributed by atoms with van der Waals surface area (Å²) in [7, 11) is -3.95. The van der Waals surface area contributed by atoms with Gasteiger partial charge < -0.3 is 4.98 Å². The summed E-state index contributed by atoms with van der Waals surface area (Å²) in [5.41, 5.74) is 1.55. The molecule has 0 aliphatic rings. The molecule has 1 aromatic heterocycles. The van der Waals surface area contributed by atoms with E-state index in [-0.39, 0.29) is 10.6 Å². The van der Waals surface area contributed by atoms with E-state index in [0.717, 1.165) is 35.3 Å². The average molecular weight is 417 g/mol. The molecule has 0 saturated heterocycles. The third-order valence-corrected chi connectivity index (χ3v) is 5.69. The zero-order valence-corrected chi connectivity index (χ0v) is 15.6. The Balaban J connectivity index is 1.56. The first-order valence-electron chi connectivity index (χ1n) is 8.48. The minimum Gasteiger partial charge on any atom is -0.338 e. The van der Waals surface area contributed by atoms with Crippen LogP contribution in [-0.4, -0.2) is 18.4 Å². The molecule has 2 N–H and O–H groups in total. The number of benzene rings is 3. The first-order valence-corrected chi connectivity index (χ1v) is 9.96. The van der Waals surface area contributed by atoms with Crippen LogP contribution in [0.5, 0.6) is 0 Å². The lowest BCUT2D eigenvalue weighted by molar-refractivity contribution is -0.137. The number of fused-ring (bicyclic) bond motifs is 1. The fraction of sp³-hybridized carbons (Fsp3) is 0.0500. The van der Waals surface area contributed by atoms with Crippen LogP contribution in [0.1, 0.15) is 5.56 Å². The quantitative estimate of drug-likeness (QED) is 0.488. The van der Waals surface area contributed by atoms with Crippen LogP contribution in [-0.2, 0) is 16.2 Å². The first-order chi connectivity index (χ1) is 13.7. The highest BCUT2D eigenvalue weighted by molar-refractivity contribution is 7.92. The highest BCUT2D eigenvalue weighted by Crippen LogP contribution is 2.30. The summed E-state index contributed by atoms with van der Waals surface area (Å²) in [6, 6.07) is 17.3. The Kier molecular flexibility index (Phi) is 4.54. The molecular weight excluding hydrogens is 403 g/mol. The predicted molar refractivity (Wildman–Crippen MR) is 104 cm³/mol. The number of alkyl halides is 3. The highest BCUT2D eigenvalue weighted by Gasteiger charge is 2.30. The fourth-order valence-corrected chi connectivity index (χ4v) is 3.88. The van der Waals surface area contributed by atoms with Gasteiger partial charge in [-0.3, -0.25) is 4.72 Å². The molecule has 0 atom stereocenters. The molecule has 0 radical (unpaired) electrons. The maximum atomic E-state index is 12.6. The minimum absolute atomic E-state index is 0.0164. The van der Waals surface area contributed by atoms with Crippen molar-refractivity contribution in [2.24, 2.45) is 0 Å². The zero-order valence-electron chi connectivity index (χ0n) is 14.7. The van der Waals surface area contributed by atoms with Gasteiger partial charge in [0.1, 0.15) is 5.82 Å². The van der Waals surface area contributed by atoms with E-state index in [1.165, 1.54) is 12.1 Å². The van der Waals surface area contributed by atoms with Crippen molar-refractivity contribution in [1.29, 1.82) is 0 Å². The van der Waals surface area contributed by atoms with E-state index in [0.29, 0.717) is 11.4 Å². The lowest BCUT2D eigenvalue weighted by Crippen LogP contribution is -2.13. The molecule has 0 aliphatic heterocycles. The van der Waals surface area contributed by atoms with E-state index in [4.69, 9.17) is 0 Å². The number of imidazole rings is 1. The molecule has 4 aromatic rings. The molecule has 148 valence electrons. The molecule has 0 unspecified atom stereocenters. The van der Waals surface area contributed by atoms with Crippen LogP contribution in [0, 0.1) is 0 Å². The third-order valence-electron chi connectivity index (χ3n) is 4.29. The number of sulfonamides is 1. The summed E-state index contributed by atoms with van der Waals surface area (Å²) in [6.45, 7) is 0. The number of halogens is 3. The molecule has 5 nitrogen and oxygen atoms in total. The summed E-state index contributed by atoms with van der Waals surface area (Å²) in [5.74, 6) is 0.603. The monoisotopic (exact) mass is 417 g/mol. The molecule has 0 saturated carbocycles. The molecule has 9 heteroatoms. The minimum atomic E-state index is -4.48. The van der Waals surface area contributed by atoms with E-state index in [9.17, 15) is 21.6 Å². The summed E-state index contributed by atoms with van der Waals surface area (Å²) < 4.78 is 65.2. The van der Waals surface area contributed by atoms with Gasteiger partial charge in [-0.05, 0) is 60.7 Å². The fourth-order valence-electron chi connectivity index (χ4n) is 2.82. The Morgan fingerprint density at radius 3 is 2.14 bits per heavy atom. The van der Waals surface area contributed by atoms with Gasteiger partial charge in [0.2, 0.25) is 0 Å². The van der Waals surface area contributed by atoms with Gasteiger partial charge >= 0.3 is 6.18 Å². The molecule has 0 spiro atoms. The molecule has 3 aromatic carbocycles. The van der Waals surface area contributed by atoms with E-state index in [1.807, 2.05) is 24.3 Å². The number of para-hydroxylation sites is 2. The van der Waals surface area contributed by atoms with Gasteiger partial charge in [-0.1, -0.05) is 12.1 Å². The van der Waals surface area contributed by atoms with Crippen LogP contribution in [0.2, 0.25) is 0 Å². The summed E-state index contributed by atoms with van der Waals surface area (Å²) in [4.78, 5) is 7.60. The predicted octanol–water partition coefficient (Wildman–Crippen LogP) is 5.05. The Morgan fingerprint density at radius 2 is 1.52 bits per heavy atom. The normalized spacial score (nSPS) is 12.2. The third kappa shape index (κ3) is 3.95. The molecule has 4 rings (SSSR count). The number of rotatable bonds is 4. The summed E-state index contributed by atoms with van der Waals surface area (Å²) >= 11 is 0. The van der Waals surface area contributed by atoms with Crippen LogP contribution >= 0.6 is 0 Å². The zero-order chi connectivity index (χ0) is 20.6. The van der Waals surface area contributed by atoms with Crippen LogP contribution < -0.4 is 4.72 Å². The number of anilines is 1. The molecule has 29 heavy (non-hydrogen) atoms. The second-order valence-electron chi connectivity index (χ2n) is 6.31. The van der Waals surface area contributed by atoms with Crippen LogP contribution in [0.3, 0.4) is 0 Å². The van der Waals surface area contributed by atoms with E-state index in [1.54, 1.807) is 12.1 Å². The maximum Gasteiger partial charge on any atom is 0.416 e. The van der Waals surface area contributed by atoms with Gasteiger partial charge in [0.25, 0.3) is 10.0 Å².